The van der Waals surface area contributed by atoms with E-state index in [4.69, 9.17) is 0 Å². The van der Waals surface area contributed by atoms with Gasteiger partial charge in [-0.2, -0.15) is 0 Å². The second-order valence-electron chi connectivity index (χ2n) is 8.47. The largest absolute Gasteiger partial charge is 0.0654 e. The van der Waals surface area contributed by atoms with Crippen LogP contribution < -0.4 is 0 Å². The Morgan fingerprint density at radius 3 is 1.90 bits per heavy atom. The van der Waals surface area contributed by atoms with E-state index in [1.165, 1.54) is 44.9 Å². The van der Waals surface area contributed by atoms with E-state index >= 15 is 0 Å². The number of unbranched alkanes of at least 4 members (excludes halogenated alkanes) is 1. The standard InChI is InChI=1S/C20H42/c1-9-11-12-19(15-16(3)10-2)17(4)13-14-18(5)20(6,7)8/h16-19H,9-15H2,1-8H3. The lowest BCUT2D eigenvalue weighted by molar-refractivity contribution is 0.198. The first-order valence-electron chi connectivity index (χ1n) is 9.22. The molecule has 0 amide bonds. The van der Waals surface area contributed by atoms with Gasteiger partial charge in [0.05, 0.1) is 0 Å². The average molecular weight is 283 g/mol. The molecule has 0 N–H and O–H groups in total. The minimum atomic E-state index is 0.468. The van der Waals surface area contributed by atoms with Crippen LogP contribution in [0, 0.1) is 29.1 Å². The van der Waals surface area contributed by atoms with Crippen molar-refractivity contribution in [1.29, 1.82) is 0 Å². The highest BCUT2D eigenvalue weighted by molar-refractivity contribution is 4.74. The highest BCUT2D eigenvalue weighted by Crippen LogP contribution is 2.34. The van der Waals surface area contributed by atoms with E-state index < -0.39 is 0 Å². The Kier molecular flexibility index (Phi) is 9.85. The summed E-state index contributed by atoms with van der Waals surface area (Å²) in [6.07, 6.45) is 9.82. The maximum absolute atomic E-state index is 2.51. The molecule has 0 saturated carbocycles. The summed E-state index contributed by atoms with van der Waals surface area (Å²) in [5.74, 6) is 3.59. The monoisotopic (exact) mass is 282 g/mol. The normalized spacial score (nSPS) is 18.6. The first kappa shape index (κ1) is 20.0. The van der Waals surface area contributed by atoms with Crippen LogP contribution in [0.25, 0.3) is 0 Å². The Morgan fingerprint density at radius 1 is 0.850 bits per heavy atom. The van der Waals surface area contributed by atoms with Crippen molar-refractivity contribution in [3.63, 3.8) is 0 Å². The van der Waals surface area contributed by atoms with Crippen LogP contribution in [0.1, 0.15) is 100 Å². The molecule has 0 radical (unpaired) electrons. The highest BCUT2D eigenvalue weighted by Gasteiger charge is 2.23. The molecule has 0 heterocycles. The van der Waals surface area contributed by atoms with E-state index in [9.17, 15) is 0 Å². The third-order valence-electron chi connectivity index (χ3n) is 5.67. The molecule has 0 rings (SSSR count). The van der Waals surface area contributed by atoms with Crippen molar-refractivity contribution in [3.05, 3.63) is 0 Å². The molecule has 0 saturated heterocycles. The predicted octanol–water partition coefficient (Wildman–Crippen LogP) is 7.33. The third kappa shape index (κ3) is 8.32. The van der Waals surface area contributed by atoms with Gasteiger partial charge in [-0.3, -0.25) is 0 Å². The van der Waals surface area contributed by atoms with Gasteiger partial charge in [-0.1, -0.05) is 87.5 Å². The molecule has 0 aliphatic rings. The Bertz CT molecular complexity index is 223. The van der Waals surface area contributed by atoms with Gasteiger partial charge < -0.3 is 0 Å². The van der Waals surface area contributed by atoms with Crippen LogP contribution in [0.3, 0.4) is 0 Å². The molecule has 0 fully saturated rings. The predicted molar refractivity (Wildman–Crippen MR) is 94.1 cm³/mol. The quantitative estimate of drug-likeness (QED) is 0.393. The fraction of sp³-hybridized carbons (Fsp3) is 1.00. The molecule has 122 valence electrons. The van der Waals surface area contributed by atoms with Crippen LogP contribution in [-0.2, 0) is 0 Å². The second kappa shape index (κ2) is 9.85. The summed E-state index contributed by atoms with van der Waals surface area (Å²) in [4.78, 5) is 0. The van der Waals surface area contributed by atoms with Gasteiger partial charge in [0.25, 0.3) is 0 Å². The zero-order chi connectivity index (χ0) is 15.8. The van der Waals surface area contributed by atoms with E-state index in [2.05, 4.69) is 55.4 Å². The SMILES string of the molecule is CCCCC(CC(C)CC)C(C)CCC(C)C(C)(C)C. The molecule has 0 aromatic carbocycles. The molecule has 4 unspecified atom stereocenters. The molecule has 0 aromatic rings. The second-order valence-corrected chi connectivity index (χ2v) is 8.47. The Labute approximate surface area is 130 Å². The lowest BCUT2D eigenvalue weighted by Crippen LogP contribution is -2.20. The van der Waals surface area contributed by atoms with Crippen molar-refractivity contribution in [2.24, 2.45) is 29.1 Å². The van der Waals surface area contributed by atoms with Gasteiger partial charge in [-0.25, -0.2) is 0 Å². The van der Waals surface area contributed by atoms with Crippen LogP contribution in [-0.4, -0.2) is 0 Å². The van der Waals surface area contributed by atoms with Gasteiger partial charge >= 0.3 is 0 Å². The zero-order valence-electron chi connectivity index (χ0n) is 15.8. The number of hydrogen-bond donors (Lipinski definition) is 0. The van der Waals surface area contributed by atoms with Crippen molar-refractivity contribution in [2.75, 3.05) is 0 Å². The van der Waals surface area contributed by atoms with Crippen molar-refractivity contribution < 1.29 is 0 Å². The molecule has 0 aromatic heterocycles. The van der Waals surface area contributed by atoms with Crippen LogP contribution in [0.15, 0.2) is 0 Å². The van der Waals surface area contributed by atoms with E-state index in [1.807, 2.05) is 0 Å². The third-order valence-corrected chi connectivity index (χ3v) is 5.67. The molecule has 0 aliphatic heterocycles. The minimum absolute atomic E-state index is 0.468. The van der Waals surface area contributed by atoms with Crippen molar-refractivity contribution in [2.45, 2.75) is 100 Å². The lowest BCUT2D eigenvalue weighted by Gasteiger charge is -2.31. The first-order chi connectivity index (χ1) is 9.22. The van der Waals surface area contributed by atoms with E-state index in [1.54, 1.807) is 0 Å². The number of hydrogen-bond acceptors (Lipinski definition) is 0. The maximum atomic E-state index is 2.51. The van der Waals surface area contributed by atoms with Crippen LogP contribution in [0.5, 0.6) is 0 Å². The van der Waals surface area contributed by atoms with Gasteiger partial charge in [-0.05, 0) is 41.9 Å². The summed E-state index contributed by atoms with van der Waals surface area (Å²) in [6.45, 7) is 19.2. The lowest BCUT2D eigenvalue weighted by atomic mass is 9.75. The maximum Gasteiger partial charge on any atom is -0.0357 e. The van der Waals surface area contributed by atoms with Crippen molar-refractivity contribution in [1.82, 2.24) is 0 Å². The fourth-order valence-electron chi connectivity index (χ4n) is 2.97. The fourth-order valence-corrected chi connectivity index (χ4v) is 2.97. The molecule has 20 heavy (non-hydrogen) atoms. The van der Waals surface area contributed by atoms with Gasteiger partial charge in [0.15, 0.2) is 0 Å². The van der Waals surface area contributed by atoms with Crippen molar-refractivity contribution >= 4 is 0 Å². The summed E-state index contributed by atoms with van der Waals surface area (Å²) in [5.41, 5.74) is 0.468. The summed E-state index contributed by atoms with van der Waals surface area (Å²) >= 11 is 0. The Balaban J connectivity index is 4.35. The van der Waals surface area contributed by atoms with E-state index in [-0.39, 0.29) is 0 Å². The summed E-state index contributed by atoms with van der Waals surface area (Å²) in [7, 11) is 0. The molecular weight excluding hydrogens is 240 g/mol. The van der Waals surface area contributed by atoms with Gasteiger partial charge in [-0.15, -0.1) is 0 Å². The molecule has 0 bridgehead atoms. The Hall–Kier alpha value is 0. The molecule has 0 heteroatoms. The molecule has 0 spiro atoms. The van der Waals surface area contributed by atoms with Gasteiger partial charge in [0, 0.05) is 0 Å². The summed E-state index contributed by atoms with van der Waals surface area (Å²) in [6, 6.07) is 0. The Morgan fingerprint density at radius 2 is 1.45 bits per heavy atom. The van der Waals surface area contributed by atoms with Crippen LogP contribution in [0.4, 0.5) is 0 Å². The molecule has 0 aliphatic carbocycles. The van der Waals surface area contributed by atoms with E-state index in [0.29, 0.717) is 5.41 Å². The minimum Gasteiger partial charge on any atom is -0.0654 e. The smallest absolute Gasteiger partial charge is 0.0357 e. The van der Waals surface area contributed by atoms with Gasteiger partial charge in [0.2, 0.25) is 0 Å². The van der Waals surface area contributed by atoms with Crippen LogP contribution in [0.2, 0.25) is 0 Å². The summed E-state index contributed by atoms with van der Waals surface area (Å²) in [5, 5.41) is 0. The number of rotatable bonds is 10. The first-order valence-corrected chi connectivity index (χ1v) is 9.22. The summed E-state index contributed by atoms with van der Waals surface area (Å²) < 4.78 is 0. The molecular formula is C20H42. The molecule has 0 nitrogen and oxygen atoms in total. The zero-order valence-corrected chi connectivity index (χ0v) is 15.8. The highest BCUT2D eigenvalue weighted by atomic mass is 14.3. The molecule has 4 atom stereocenters. The van der Waals surface area contributed by atoms with E-state index in [0.717, 1.165) is 23.7 Å². The van der Waals surface area contributed by atoms with Crippen LogP contribution >= 0.6 is 0 Å². The van der Waals surface area contributed by atoms with Crippen molar-refractivity contribution in [3.8, 4) is 0 Å². The average Bonchev–Trinajstić information content (AvgIpc) is 2.38. The van der Waals surface area contributed by atoms with Gasteiger partial charge in [0.1, 0.15) is 0 Å². The topological polar surface area (TPSA) is 0 Å².